The van der Waals surface area contributed by atoms with Crippen LogP contribution in [0.5, 0.6) is 0 Å². The Kier molecular flexibility index (Phi) is 8.50. The fourth-order valence-electron chi connectivity index (χ4n) is 4.91. The molecule has 3 unspecified atom stereocenters. The van der Waals surface area contributed by atoms with Gasteiger partial charge in [-0.25, -0.2) is 0 Å². The zero-order valence-electron chi connectivity index (χ0n) is 20.6. The van der Waals surface area contributed by atoms with Gasteiger partial charge in [-0.15, -0.1) is 0 Å². The van der Waals surface area contributed by atoms with E-state index in [2.05, 4.69) is 55.5 Å². The van der Waals surface area contributed by atoms with Gasteiger partial charge >= 0.3 is 0 Å². The first-order valence-electron chi connectivity index (χ1n) is 11.3. The summed E-state index contributed by atoms with van der Waals surface area (Å²) < 4.78 is 7.47. The molecule has 1 aromatic heterocycles. The van der Waals surface area contributed by atoms with E-state index in [1.807, 2.05) is 19.9 Å². The van der Waals surface area contributed by atoms with Gasteiger partial charge < -0.3 is 14.6 Å². The van der Waals surface area contributed by atoms with Crippen molar-refractivity contribution in [3.63, 3.8) is 0 Å². The van der Waals surface area contributed by atoms with Gasteiger partial charge in [-0.2, -0.15) is 5.26 Å². The quantitative estimate of drug-likeness (QED) is 0.500. The van der Waals surface area contributed by atoms with Crippen LogP contribution < -0.4 is 5.32 Å². The Balaban J connectivity index is 2.13. The van der Waals surface area contributed by atoms with Gasteiger partial charge in [0.1, 0.15) is 11.6 Å². The summed E-state index contributed by atoms with van der Waals surface area (Å²) in [5, 5.41) is 12.7. The van der Waals surface area contributed by atoms with E-state index in [4.69, 9.17) is 4.74 Å². The third kappa shape index (κ3) is 6.21. The van der Waals surface area contributed by atoms with Crippen LogP contribution in [-0.2, 0) is 9.53 Å². The second-order valence-electron chi connectivity index (χ2n) is 10.0. The van der Waals surface area contributed by atoms with Crippen molar-refractivity contribution in [2.24, 2.45) is 11.8 Å². The number of aromatic nitrogens is 1. The third-order valence-corrected chi connectivity index (χ3v) is 6.44. The number of ether oxygens (including phenoxy) is 1. The highest BCUT2D eigenvalue weighted by Gasteiger charge is 2.33. The standard InChI is InChI=1S/C25H40N4O2/c1-17-9-18(2)14-28(13-17)25(6,7)16-27-24(30)23(12-26)11-22-10-19(3)29(21(22)5)20(4)15-31-8/h10-11,17-18,20H,9,13-16H2,1-8H3,(H,27,30)/b23-11-. The Bertz CT molecular complexity index is 836. The lowest BCUT2D eigenvalue weighted by Gasteiger charge is -2.45. The topological polar surface area (TPSA) is 70.3 Å². The molecule has 3 atom stereocenters. The first-order valence-corrected chi connectivity index (χ1v) is 11.3. The summed E-state index contributed by atoms with van der Waals surface area (Å²) in [4.78, 5) is 15.3. The number of nitrogens with zero attached hydrogens (tertiary/aromatic N) is 3. The maximum absolute atomic E-state index is 12.8. The number of carbonyl (C=O) groups is 1. The molecule has 1 aromatic rings. The first-order chi connectivity index (χ1) is 14.5. The van der Waals surface area contributed by atoms with Crippen LogP contribution in [0.25, 0.3) is 6.08 Å². The van der Waals surface area contributed by atoms with Crippen LogP contribution in [0.4, 0.5) is 0 Å². The van der Waals surface area contributed by atoms with E-state index in [0.29, 0.717) is 25.0 Å². The van der Waals surface area contributed by atoms with Crippen molar-refractivity contribution in [2.45, 2.75) is 66.5 Å². The Hall–Kier alpha value is -2.10. The fraction of sp³-hybridized carbons (Fsp3) is 0.680. The highest BCUT2D eigenvalue weighted by atomic mass is 16.5. The van der Waals surface area contributed by atoms with E-state index in [-0.39, 0.29) is 23.1 Å². The molecule has 2 rings (SSSR count). The molecule has 1 aliphatic rings. The summed E-state index contributed by atoms with van der Waals surface area (Å²) in [5.41, 5.74) is 2.98. The van der Waals surface area contributed by atoms with Crippen molar-refractivity contribution in [3.8, 4) is 6.07 Å². The summed E-state index contributed by atoms with van der Waals surface area (Å²) in [6.45, 7) is 18.2. The molecule has 1 N–H and O–H groups in total. The van der Waals surface area contributed by atoms with Crippen molar-refractivity contribution in [3.05, 3.63) is 28.6 Å². The number of piperidine rings is 1. The van der Waals surface area contributed by atoms with Gasteiger partial charge in [0.05, 0.1) is 12.6 Å². The van der Waals surface area contributed by atoms with Crippen LogP contribution in [-0.4, -0.2) is 54.3 Å². The highest BCUT2D eigenvalue weighted by Crippen LogP contribution is 2.27. The van der Waals surface area contributed by atoms with Gasteiger partial charge in [0, 0.05) is 43.7 Å². The number of hydrogen-bond donors (Lipinski definition) is 1. The summed E-state index contributed by atoms with van der Waals surface area (Å²) in [5.74, 6) is 0.997. The van der Waals surface area contributed by atoms with Crippen LogP contribution in [0.3, 0.4) is 0 Å². The number of likely N-dealkylation sites (tertiary alicyclic amines) is 1. The average molecular weight is 429 g/mol. The minimum absolute atomic E-state index is 0.135. The maximum atomic E-state index is 12.8. The molecule has 6 nitrogen and oxygen atoms in total. The molecule has 0 aliphatic carbocycles. The van der Waals surface area contributed by atoms with Crippen molar-refractivity contribution < 1.29 is 9.53 Å². The van der Waals surface area contributed by atoms with Crippen molar-refractivity contribution in [2.75, 3.05) is 33.4 Å². The molecular weight excluding hydrogens is 388 g/mol. The second kappa shape index (κ2) is 10.5. The van der Waals surface area contributed by atoms with Crippen molar-refractivity contribution >= 4 is 12.0 Å². The second-order valence-corrected chi connectivity index (χ2v) is 10.0. The third-order valence-electron chi connectivity index (χ3n) is 6.44. The molecule has 1 aliphatic heterocycles. The van der Waals surface area contributed by atoms with Crippen LogP contribution >= 0.6 is 0 Å². The van der Waals surface area contributed by atoms with Crippen LogP contribution in [0, 0.1) is 37.0 Å². The van der Waals surface area contributed by atoms with E-state index in [1.54, 1.807) is 13.2 Å². The molecular formula is C25H40N4O2. The number of methoxy groups -OCH3 is 1. The Morgan fingerprint density at radius 3 is 2.52 bits per heavy atom. The summed E-state index contributed by atoms with van der Waals surface area (Å²) in [7, 11) is 1.69. The monoisotopic (exact) mass is 428 g/mol. The Morgan fingerprint density at radius 2 is 1.97 bits per heavy atom. The molecule has 0 bridgehead atoms. The van der Waals surface area contributed by atoms with Gasteiger partial charge in [0.2, 0.25) is 0 Å². The van der Waals surface area contributed by atoms with Gasteiger partial charge in [-0.1, -0.05) is 13.8 Å². The zero-order valence-corrected chi connectivity index (χ0v) is 20.6. The largest absolute Gasteiger partial charge is 0.383 e. The average Bonchev–Trinajstić information content (AvgIpc) is 2.96. The van der Waals surface area contributed by atoms with E-state index in [9.17, 15) is 10.1 Å². The SMILES string of the molecule is COCC(C)n1c(C)cc(/C=C(/C#N)C(=O)NCC(C)(C)N2CC(C)CC(C)C2)c1C. The molecule has 1 saturated heterocycles. The number of hydrogen-bond acceptors (Lipinski definition) is 4. The Morgan fingerprint density at radius 1 is 1.35 bits per heavy atom. The van der Waals surface area contributed by atoms with Crippen molar-refractivity contribution in [1.29, 1.82) is 5.26 Å². The van der Waals surface area contributed by atoms with Crippen LogP contribution in [0.1, 0.15) is 64.0 Å². The number of amides is 1. The molecule has 2 heterocycles. The number of nitriles is 1. The molecule has 0 spiro atoms. The number of nitrogens with one attached hydrogen (secondary N) is 1. The minimum atomic E-state index is -0.316. The van der Waals surface area contributed by atoms with Gasteiger partial charge in [-0.05, 0) is 70.6 Å². The van der Waals surface area contributed by atoms with Crippen molar-refractivity contribution in [1.82, 2.24) is 14.8 Å². The van der Waals surface area contributed by atoms with Gasteiger partial charge in [0.25, 0.3) is 5.91 Å². The molecule has 31 heavy (non-hydrogen) atoms. The molecule has 0 radical (unpaired) electrons. The maximum Gasteiger partial charge on any atom is 0.262 e. The predicted octanol–water partition coefficient (Wildman–Crippen LogP) is 4.09. The molecule has 0 aromatic carbocycles. The lowest BCUT2D eigenvalue weighted by Crippen LogP contribution is -2.56. The summed E-state index contributed by atoms with van der Waals surface area (Å²) in [6.07, 6.45) is 2.95. The van der Waals surface area contributed by atoms with Gasteiger partial charge in [0.15, 0.2) is 0 Å². The Labute approximate surface area is 188 Å². The number of carbonyl (C=O) groups excluding carboxylic acids is 1. The molecule has 0 saturated carbocycles. The fourth-order valence-corrected chi connectivity index (χ4v) is 4.91. The van der Waals surface area contributed by atoms with E-state index < -0.39 is 0 Å². The minimum Gasteiger partial charge on any atom is -0.383 e. The molecule has 6 heteroatoms. The molecule has 172 valence electrons. The lowest BCUT2D eigenvalue weighted by atomic mass is 9.88. The van der Waals surface area contributed by atoms with Crippen LogP contribution in [0.15, 0.2) is 11.6 Å². The van der Waals surface area contributed by atoms with E-state index in [0.717, 1.165) is 30.0 Å². The lowest BCUT2D eigenvalue weighted by molar-refractivity contribution is -0.117. The molecule has 1 fully saturated rings. The smallest absolute Gasteiger partial charge is 0.262 e. The number of aryl methyl sites for hydroxylation is 1. The van der Waals surface area contributed by atoms with Gasteiger partial charge in [-0.3, -0.25) is 9.69 Å². The summed E-state index contributed by atoms with van der Waals surface area (Å²) in [6, 6.07) is 4.29. The normalized spacial score (nSPS) is 21.6. The first kappa shape index (κ1) is 25.2. The number of rotatable bonds is 8. The highest BCUT2D eigenvalue weighted by molar-refractivity contribution is 6.01. The molecule has 1 amide bonds. The summed E-state index contributed by atoms with van der Waals surface area (Å²) >= 11 is 0. The van der Waals surface area contributed by atoms with Crippen LogP contribution in [0.2, 0.25) is 0 Å². The van der Waals surface area contributed by atoms with E-state index >= 15 is 0 Å². The van der Waals surface area contributed by atoms with E-state index in [1.165, 1.54) is 6.42 Å². The predicted molar refractivity (Wildman–Crippen MR) is 126 cm³/mol. The zero-order chi connectivity index (χ0) is 23.3.